The maximum absolute atomic E-state index is 15.8. The van der Waals surface area contributed by atoms with Gasteiger partial charge >= 0.3 is 0 Å². The first-order valence-corrected chi connectivity index (χ1v) is 7.99. The second kappa shape index (κ2) is 5.10. The molecule has 0 saturated carbocycles. The highest BCUT2D eigenvalue weighted by Crippen LogP contribution is 2.53. The second-order valence-electron chi connectivity index (χ2n) is 6.55. The summed E-state index contributed by atoms with van der Waals surface area (Å²) in [6, 6.07) is 5.53. The molecule has 0 fully saturated rings. The van der Waals surface area contributed by atoms with Gasteiger partial charge in [-0.25, -0.2) is 8.78 Å². The Kier molecular flexibility index (Phi) is 3.24. The third kappa shape index (κ3) is 1.87. The SMILES string of the molecule is COc1ccc2c(c1)CC[C@H]1C2=CC[C@@H]2C(=O)C=C(F)C(=O)[C@@]21F. The summed E-state index contributed by atoms with van der Waals surface area (Å²) in [5, 5.41) is 0. The molecule has 4 rings (SSSR count). The van der Waals surface area contributed by atoms with Crippen molar-refractivity contribution < 1.29 is 23.1 Å². The Labute approximate surface area is 138 Å². The fraction of sp³-hybridized carbons (Fsp3) is 0.368. The highest BCUT2D eigenvalue weighted by molar-refractivity contribution is 6.14. The monoisotopic (exact) mass is 330 g/mol. The van der Waals surface area contributed by atoms with Crippen LogP contribution in [0.5, 0.6) is 5.75 Å². The quantitative estimate of drug-likeness (QED) is 0.793. The number of ketones is 2. The summed E-state index contributed by atoms with van der Waals surface area (Å²) in [6.45, 7) is 0. The number of benzene rings is 1. The van der Waals surface area contributed by atoms with Crippen LogP contribution in [0.3, 0.4) is 0 Å². The first-order valence-electron chi connectivity index (χ1n) is 7.99. The van der Waals surface area contributed by atoms with Gasteiger partial charge in [-0.15, -0.1) is 0 Å². The van der Waals surface area contributed by atoms with E-state index in [1.165, 1.54) is 0 Å². The number of hydrogen-bond donors (Lipinski definition) is 0. The lowest BCUT2D eigenvalue weighted by Gasteiger charge is -2.45. The molecule has 5 heteroatoms. The molecule has 0 aromatic heterocycles. The minimum Gasteiger partial charge on any atom is -0.497 e. The molecule has 3 aliphatic carbocycles. The summed E-state index contributed by atoms with van der Waals surface area (Å²) in [7, 11) is 1.58. The van der Waals surface area contributed by atoms with Gasteiger partial charge in [0.2, 0.25) is 5.78 Å². The van der Waals surface area contributed by atoms with Crippen LogP contribution in [0.25, 0.3) is 5.57 Å². The molecular weight excluding hydrogens is 314 g/mol. The number of alkyl halides is 1. The second-order valence-corrected chi connectivity index (χ2v) is 6.55. The summed E-state index contributed by atoms with van der Waals surface area (Å²) < 4.78 is 34.8. The number of carbonyl (C=O) groups excluding carboxylic acids is 2. The van der Waals surface area contributed by atoms with Crippen molar-refractivity contribution in [3.63, 3.8) is 0 Å². The van der Waals surface area contributed by atoms with E-state index in [0.29, 0.717) is 30.2 Å². The molecule has 3 nitrogen and oxygen atoms in total. The summed E-state index contributed by atoms with van der Waals surface area (Å²) in [5.74, 6) is -4.26. The summed E-state index contributed by atoms with van der Waals surface area (Å²) in [4.78, 5) is 24.3. The number of Topliss-reactive ketones (excluding diaryl/α,β-unsaturated/α-hetero) is 1. The topological polar surface area (TPSA) is 43.4 Å². The van der Waals surface area contributed by atoms with Gasteiger partial charge in [0, 0.05) is 12.0 Å². The molecule has 1 aromatic carbocycles. The van der Waals surface area contributed by atoms with Crippen molar-refractivity contribution in [1.29, 1.82) is 0 Å². The van der Waals surface area contributed by atoms with Gasteiger partial charge in [-0.05, 0) is 48.1 Å². The van der Waals surface area contributed by atoms with Crippen LogP contribution >= 0.6 is 0 Å². The Morgan fingerprint density at radius 3 is 2.79 bits per heavy atom. The van der Waals surface area contributed by atoms with Gasteiger partial charge in [-0.1, -0.05) is 12.1 Å². The van der Waals surface area contributed by atoms with Crippen molar-refractivity contribution in [1.82, 2.24) is 0 Å². The number of aryl methyl sites for hydroxylation is 1. The number of carbonyl (C=O) groups is 2. The molecule has 3 aliphatic rings. The molecule has 0 bridgehead atoms. The smallest absolute Gasteiger partial charge is 0.229 e. The zero-order valence-electron chi connectivity index (χ0n) is 13.1. The van der Waals surface area contributed by atoms with Crippen molar-refractivity contribution in [3.8, 4) is 5.75 Å². The van der Waals surface area contributed by atoms with Crippen molar-refractivity contribution in [3.05, 3.63) is 47.3 Å². The predicted molar refractivity (Wildman–Crippen MR) is 83.9 cm³/mol. The van der Waals surface area contributed by atoms with Gasteiger partial charge in [0.15, 0.2) is 17.3 Å². The van der Waals surface area contributed by atoms with Crippen molar-refractivity contribution in [2.24, 2.45) is 11.8 Å². The zero-order valence-corrected chi connectivity index (χ0v) is 13.1. The first kappa shape index (κ1) is 15.2. The first-order chi connectivity index (χ1) is 11.5. The van der Waals surface area contributed by atoms with Crippen LogP contribution in [-0.4, -0.2) is 24.3 Å². The van der Waals surface area contributed by atoms with Gasteiger partial charge in [0.25, 0.3) is 0 Å². The van der Waals surface area contributed by atoms with Crippen LogP contribution in [0.1, 0.15) is 24.0 Å². The molecule has 124 valence electrons. The molecule has 0 N–H and O–H groups in total. The Morgan fingerprint density at radius 1 is 1.25 bits per heavy atom. The Morgan fingerprint density at radius 2 is 2.04 bits per heavy atom. The van der Waals surface area contributed by atoms with Crippen LogP contribution in [-0.2, 0) is 16.0 Å². The van der Waals surface area contributed by atoms with E-state index in [1.807, 2.05) is 18.2 Å². The third-order valence-electron chi connectivity index (χ3n) is 5.47. The maximum atomic E-state index is 15.8. The molecule has 0 saturated heterocycles. The van der Waals surface area contributed by atoms with Gasteiger partial charge in [0.05, 0.1) is 13.0 Å². The average molecular weight is 330 g/mol. The summed E-state index contributed by atoms with van der Waals surface area (Å²) in [5.41, 5.74) is 0.105. The fourth-order valence-electron chi connectivity index (χ4n) is 4.29. The van der Waals surface area contributed by atoms with Crippen LogP contribution < -0.4 is 4.74 Å². The molecule has 1 aromatic rings. The molecular formula is C19H16F2O3. The lowest BCUT2D eigenvalue weighted by molar-refractivity contribution is -0.144. The average Bonchev–Trinajstić information content (AvgIpc) is 2.59. The number of rotatable bonds is 1. The number of hydrogen-bond acceptors (Lipinski definition) is 3. The number of methoxy groups -OCH3 is 1. The lowest BCUT2D eigenvalue weighted by atomic mass is 9.59. The number of halogens is 2. The molecule has 24 heavy (non-hydrogen) atoms. The number of fused-ring (bicyclic) bond motifs is 5. The van der Waals surface area contributed by atoms with E-state index >= 15 is 4.39 Å². The van der Waals surface area contributed by atoms with Crippen LogP contribution in [0.2, 0.25) is 0 Å². The normalized spacial score (nSPS) is 31.5. The van der Waals surface area contributed by atoms with Gasteiger partial charge in [0.1, 0.15) is 5.75 Å². The molecule has 3 atom stereocenters. The zero-order chi connectivity index (χ0) is 17.1. The lowest BCUT2D eigenvalue weighted by Crippen LogP contribution is -2.55. The molecule has 0 heterocycles. The van der Waals surface area contributed by atoms with Crippen molar-refractivity contribution in [2.75, 3.05) is 7.11 Å². The van der Waals surface area contributed by atoms with E-state index in [-0.39, 0.29) is 6.42 Å². The molecule has 0 amide bonds. The van der Waals surface area contributed by atoms with Gasteiger partial charge < -0.3 is 4.74 Å². The maximum Gasteiger partial charge on any atom is 0.229 e. The van der Waals surface area contributed by atoms with E-state index in [0.717, 1.165) is 11.1 Å². The highest BCUT2D eigenvalue weighted by atomic mass is 19.2. The van der Waals surface area contributed by atoms with Crippen LogP contribution in [0, 0.1) is 11.8 Å². The van der Waals surface area contributed by atoms with Gasteiger partial charge in [-0.3, -0.25) is 9.59 Å². The number of ether oxygens (including phenoxy) is 1. The Balaban J connectivity index is 1.84. The van der Waals surface area contributed by atoms with Crippen LogP contribution in [0.15, 0.2) is 36.2 Å². The van der Waals surface area contributed by atoms with Crippen molar-refractivity contribution >= 4 is 17.1 Å². The largest absolute Gasteiger partial charge is 0.497 e. The van der Waals surface area contributed by atoms with Crippen molar-refractivity contribution in [2.45, 2.75) is 24.9 Å². The summed E-state index contributed by atoms with van der Waals surface area (Å²) in [6.07, 6.45) is 3.51. The highest BCUT2D eigenvalue weighted by Gasteiger charge is 2.60. The Bertz CT molecular complexity index is 824. The Hall–Kier alpha value is -2.30. The minimum absolute atomic E-state index is 0.113. The fourth-order valence-corrected chi connectivity index (χ4v) is 4.29. The summed E-state index contributed by atoms with van der Waals surface area (Å²) >= 11 is 0. The molecule has 0 radical (unpaired) electrons. The standard InChI is InChI=1S/C19H16F2O3/c1-24-11-3-4-12-10(8-11)2-6-14-13(12)5-7-15-17(22)9-16(20)18(23)19(14,15)21/h3-5,8-9,14-15H,2,6-7H2,1H3/t14-,15+,19-/m0/s1. The van der Waals surface area contributed by atoms with E-state index < -0.39 is 34.9 Å². The predicted octanol–water partition coefficient (Wildman–Crippen LogP) is 3.37. The molecule has 0 spiro atoms. The van der Waals surface area contributed by atoms with E-state index in [2.05, 4.69) is 0 Å². The van der Waals surface area contributed by atoms with E-state index in [1.54, 1.807) is 13.2 Å². The van der Waals surface area contributed by atoms with Crippen LogP contribution in [0.4, 0.5) is 8.78 Å². The van der Waals surface area contributed by atoms with E-state index in [4.69, 9.17) is 4.74 Å². The third-order valence-corrected chi connectivity index (χ3v) is 5.47. The van der Waals surface area contributed by atoms with Gasteiger partial charge in [-0.2, -0.15) is 0 Å². The molecule has 0 unspecified atom stereocenters. The molecule has 0 aliphatic heterocycles. The van der Waals surface area contributed by atoms with E-state index in [9.17, 15) is 14.0 Å². The minimum atomic E-state index is -2.47. The number of allylic oxidation sites excluding steroid dienone is 4.